The van der Waals surface area contributed by atoms with Crippen LogP contribution in [0.2, 0.25) is 0 Å². The van der Waals surface area contributed by atoms with E-state index in [1.54, 1.807) is 6.20 Å². The molecule has 0 amide bonds. The highest BCUT2D eigenvalue weighted by molar-refractivity contribution is 5.61. The fraction of sp³-hybridized carbons (Fsp3) is 0.583. The van der Waals surface area contributed by atoms with E-state index in [1.165, 1.54) is 0 Å². The fourth-order valence-corrected chi connectivity index (χ4v) is 1.94. The van der Waals surface area contributed by atoms with Crippen LogP contribution in [0.1, 0.15) is 25.6 Å². The van der Waals surface area contributed by atoms with Gasteiger partial charge in [-0.05, 0) is 19.3 Å². The van der Waals surface area contributed by atoms with E-state index in [0.29, 0.717) is 5.92 Å². The smallest absolute Gasteiger partial charge is 0.203 e. The van der Waals surface area contributed by atoms with E-state index in [9.17, 15) is 0 Å². The molecule has 2 heterocycles. The van der Waals surface area contributed by atoms with Gasteiger partial charge >= 0.3 is 0 Å². The van der Waals surface area contributed by atoms with Gasteiger partial charge in [-0.3, -0.25) is 4.40 Å². The molecule has 6 nitrogen and oxygen atoms in total. The Kier molecular flexibility index (Phi) is 4.09. The average molecular weight is 249 g/mol. The van der Waals surface area contributed by atoms with Crippen molar-refractivity contribution >= 4 is 11.5 Å². The summed E-state index contributed by atoms with van der Waals surface area (Å²) in [6.07, 6.45) is 5.42. The molecule has 0 saturated carbocycles. The van der Waals surface area contributed by atoms with E-state index >= 15 is 0 Å². The molecule has 0 bridgehead atoms. The Morgan fingerprint density at radius 2 is 2.28 bits per heavy atom. The number of hydrogen-bond donors (Lipinski definition) is 2. The zero-order valence-electron chi connectivity index (χ0n) is 10.8. The van der Waals surface area contributed by atoms with Gasteiger partial charge in [-0.2, -0.15) is 0 Å². The van der Waals surface area contributed by atoms with E-state index in [-0.39, 0.29) is 6.61 Å². The van der Waals surface area contributed by atoms with Crippen molar-refractivity contribution in [2.24, 2.45) is 5.92 Å². The number of fused-ring (bicyclic) bond motifs is 1. The third-order valence-electron chi connectivity index (χ3n) is 3.17. The molecule has 0 fully saturated rings. The first-order valence-corrected chi connectivity index (χ1v) is 6.27. The predicted octanol–water partition coefficient (Wildman–Crippen LogP) is 1.25. The van der Waals surface area contributed by atoms with Crippen molar-refractivity contribution in [1.82, 2.24) is 19.6 Å². The van der Waals surface area contributed by atoms with Gasteiger partial charge in [0.2, 0.25) is 5.65 Å². The van der Waals surface area contributed by atoms with Gasteiger partial charge < -0.3 is 10.4 Å². The van der Waals surface area contributed by atoms with Gasteiger partial charge in [-0.25, -0.2) is 4.98 Å². The van der Waals surface area contributed by atoms with Crippen molar-refractivity contribution < 1.29 is 5.11 Å². The quantitative estimate of drug-likeness (QED) is 0.806. The Morgan fingerprint density at radius 1 is 1.44 bits per heavy atom. The van der Waals surface area contributed by atoms with Crippen LogP contribution in [0.3, 0.4) is 0 Å². The molecule has 0 saturated heterocycles. The maximum Gasteiger partial charge on any atom is 0.203 e. The van der Waals surface area contributed by atoms with Crippen LogP contribution in [-0.4, -0.2) is 37.8 Å². The van der Waals surface area contributed by atoms with Crippen LogP contribution in [0.4, 0.5) is 5.82 Å². The normalized spacial score (nSPS) is 12.8. The minimum atomic E-state index is 0.224. The third kappa shape index (κ3) is 2.59. The molecule has 0 radical (unpaired) electrons. The second kappa shape index (κ2) is 5.77. The van der Waals surface area contributed by atoms with E-state index in [1.807, 2.05) is 17.5 Å². The molecule has 1 atom stereocenters. The Labute approximate surface area is 106 Å². The largest absolute Gasteiger partial charge is 0.396 e. The molecule has 2 aromatic heterocycles. The molecule has 1 unspecified atom stereocenters. The lowest BCUT2D eigenvalue weighted by Crippen LogP contribution is -2.16. The summed E-state index contributed by atoms with van der Waals surface area (Å²) in [5.74, 6) is 2.04. The average Bonchev–Trinajstić information content (AvgIpc) is 2.77. The first kappa shape index (κ1) is 12.8. The Balaban J connectivity index is 2.12. The van der Waals surface area contributed by atoms with Gasteiger partial charge in [0, 0.05) is 25.5 Å². The number of hydrogen-bond acceptors (Lipinski definition) is 5. The summed E-state index contributed by atoms with van der Waals surface area (Å²) >= 11 is 0. The molecular weight excluding hydrogens is 230 g/mol. The van der Waals surface area contributed by atoms with Crippen LogP contribution in [0, 0.1) is 12.8 Å². The number of aryl methyl sites for hydroxylation is 1. The minimum absolute atomic E-state index is 0.224. The molecule has 2 aromatic rings. The molecule has 2 N–H and O–H groups in total. The van der Waals surface area contributed by atoms with E-state index in [2.05, 4.69) is 27.4 Å². The molecule has 0 aliphatic rings. The van der Waals surface area contributed by atoms with Crippen LogP contribution in [0.15, 0.2) is 12.4 Å². The van der Waals surface area contributed by atoms with E-state index in [4.69, 9.17) is 5.11 Å². The second-order valence-electron chi connectivity index (χ2n) is 4.38. The van der Waals surface area contributed by atoms with Gasteiger partial charge in [0.25, 0.3) is 0 Å². The van der Waals surface area contributed by atoms with Gasteiger partial charge in [0.15, 0.2) is 5.82 Å². The van der Waals surface area contributed by atoms with Crippen LogP contribution >= 0.6 is 0 Å². The molecule has 6 heteroatoms. The SMILES string of the molecule is CCC(CCO)CNc1nccn2c(C)nnc12. The molecule has 0 aromatic carbocycles. The highest BCUT2D eigenvalue weighted by atomic mass is 16.3. The summed E-state index contributed by atoms with van der Waals surface area (Å²) in [4.78, 5) is 4.29. The van der Waals surface area contributed by atoms with Gasteiger partial charge in [-0.1, -0.05) is 13.3 Å². The summed E-state index contributed by atoms with van der Waals surface area (Å²) < 4.78 is 1.91. The first-order chi connectivity index (χ1) is 8.76. The molecule has 0 aliphatic carbocycles. The molecule has 98 valence electrons. The molecular formula is C12H19N5O. The Bertz CT molecular complexity index is 510. The van der Waals surface area contributed by atoms with Crippen LogP contribution in [0.5, 0.6) is 0 Å². The third-order valence-corrected chi connectivity index (χ3v) is 3.17. The highest BCUT2D eigenvalue weighted by Crippen LogP contribution is 2.14. The number of nitrogens with one attached hydrogen (secondary N) is 1. The number of aliphatic hydroxyl groups excluding tert-OH is 1. The van der Waals surface area contributed by atoms with E-state index in [0.717, 1.165) is 36.7 Å². The van der Waals surface area contributed by atoms with Crippen molar-refractivity contribution in [2.75, 3.05) is 18.5 Å². The Hall–Kier alpha value is -1.69. The maximum absolute atomic E-state index is 8.97. The summed E-state index contributed by atoms with van der Waals surface area (Å²) in [6.45, 7) is 5.04. The van der Waals surface area contributed by atoms with Crippen molar-refractivity contribution in [1.29, 1.82) is 0 Å². The molecule has 18 heavy (non-hydrogen) atoms. The molecule has 0 spiro atoms. The number of aromatic nitrogens is 4. The number of nitrogens with zero attached hydrogens (tertiary/aromatic N) is 4. The highest BCUT2D eigenvalue weighted by Gasteiger charge is 2.10. The summed E-state index contributed by atoms with van der Waals surface area (Å²) in [5.41, 5.74) is 0.744. The van der Waals surface area contributed by atoms with Gasteiger partial charge in [-0.15, -0.1) is 10.2 Å². The summed E-state index contributed by atoms with van der Waals surface area (Å²) in [7, 11) is 0. The predicted molar refractivity (Wildman–Crippen MR) is 69.5 cm³/mol. The van der Waals surface area contributed by atoms with Crippen molar-refractivity contribution in [3.05, 3.63) is 18.2 Å². The van der Waals surface area contributed by atoms with Crippen molar-refractivity contribution in [2.45, 2.75) is 26.7 Å². The van der Waals surface area contributed by atoms with E-state index < -0.39 is 0 Å². The van der Waals surface area contributed by atoms with Crippen LogP contribution < -0.4 is 5.32 Å². The lowest BCUT2D eigenvalue weighted by atomic mass is 10.0. The number of rotatable bonds is 6. The monoisotopic (exact) mass is 249 g/mol. The fourth-order valence-electron chi connectivity index (χ4n) is 1.94. The zero-order valence-corrected chi connectivity index (χ0v) is 10.8. The topological polar surface area (TPSA) is 75.3 Å². The van der Waals surface area contributed by atoms with Gasteiger partial charge in [0.05, 0.1) is 0 Å². The number of aliphatic hydroxyl groups is 1. The molecule has 0 aliphatic heterocycles. The van der Waals surface area contributed by atoms with Crippen LogP contribution in [0.25, 0.3) is 5.65 Å². The summed E-state index contributed by atoms with van der Waals surface area (Å²) in [6, 6.07) is 0. The molecule has 2 rings (SSSR count). The second-order valence-corrected chi connectivity index (χ2v) is 4.38. The van der Waals surface area contributed by atoms with Crippen molar-refractivity contribution in [3.63, 3.8) is 0 Å². The lowest BCUT2D eigenvalue weighted by Gasteiger charge is -2.14. The maximum atomic E-state index is 8.97. The van der Waals surface area contributed by atoms with Gasteiger partial charge in [0.1, 0.15) is 5.82 Å². The first-order valence-electron chi connectivity index (χ1n) is 6.27. The van der Waals surface area contributed by atoms with Crippen LogP contribution in [-0.2, 0) is 0 Å². The standard InChI is InChI=1S/C12H19N5O/c1-3-10(4-7-18)8-14-11-12-16-15-9(2)17(12)6-5-13-11/h5-6,10,18H,3-4,7-8H2,1-2H3,(H,13,14). The Morgan fingerprint density at radius 3 is 3.00 bits per heavy atom. The zero-order chi connectivity index (χ0) is 13.0. The summed E-state index contributed by atoms with van der Waals surface area (Å²) in [5, 5.41) is 20.4. The lowest BCUT2D eigenvalue weighted by molar-refractivity contribution is 0.258. The minimum Gasteiger partial charge on any atom is -0.396 e. The van der Waals surface area contributed by atoms with Crippen molar-refractivity contribution in [3.8, 4) is 0 Å². The number of anilines is 1.